The molecule has 1 aliphatic heterocycles. The van der Waals surface area contributed by atoms with Gasteiger partial charge in [-0.1, -0.05) is 129 Å². The van der Waals surface area contributed by atoms with Crippen molar-refractivity contribution in [3.8, 4) is 5.82 Å². The van der Waals surface area contributed by atoms with E-state index in [-0.39, 0.29) is 21.1 Å². The quantitative estimate of drug-likeness (QED) is 0.142. The molecule has 5 heteroatoms. The fourth-order valence-corrected chi connectivity index (χ4v) is 8.59. The average Bonchev–Trinajstić information content (AvgIpc) is 3.83. The number of nitrogens with zero attached hydrogens (tertiary/aromatic N) is 4. The summed E-state index contributed by atoms with van der Waals surface area (Å²) in [6.45, 7) is 9.03. The minimum Gasteiger partial charge on any atom is -0.493 e. The van der Waals surface area contributed by atoms with Crippen LogP contribution in [0.4, 0.5) is 22.7 Å². The third-order valence-electron chi connectivity index (χ3n) is 11.9. The van der Waals surface area contributed by atoms with Crippen LogP contribution in [0.2, 0.25) is 0 Å². The van der Waals surface area contributed by atoms with Crippen LogP contribution in [0.1, 0.15) is 48.6 Å². The van der Waals surface area contributed by atoms with Gasteiger partial charge in [0.2, 0.25) is 0 Å². The monoisotopic (exact) mass is 928 g/mol. The number of aromatic nitrogens is 2. The van der Waals surface area contributed by atoms with Gasteiger partial charge in [0.1, 0.15) is 5.82 Å². The third kappa shape index (κ3) is 6.15. The van der Waals surface area contributed by atoms with E-state index >= 15 is 0 Å². The van der Waals surface area contributed by atoms with E-state index in [0.29, 0.717) is 0 Å². The number of anilines is 4. The molecule has 0 amide bonds. The summed E-state index contributed by atoms with van der Waals surface area (Å²) in [5.41, 5.74) is 11.4. The van der Waals surface area contributed by atoms with Gasteiger partial charge in [-0.25, -0.2) is 4.98 Å². The Hall–Kier alpha value is -6.22. The van der Waals surface area contributed by atoms with E-state index in [9.17, 15) is 0 Å². The minimum absolute atomic E-state index is 0. The van der Waals surface area contributed by atoms with Crippen molar-refractivity contribution in [3.05, 3.63) is 235 Å². The predicted octanol–water partition coefficient (Wildman–Crippen LogP) is 12.9. The van der Waals surface area contributed by atoms with Crippen LogP contribution < -0.4 is 9.80 Å². The molecule has 0 radical (unpaired) electrons. The van der Waals surface area contributed by atoms with Gasteiger partial charge >= 0.3 is 0 Å². The van der Waals surface area contributed by atoms with Crippen molar-refractivity contribution in [1.29, 1.82) is 0 Å². The van der Waals surface area contributed by atoms with Crippen LogP contribution in [0, 0.1) is 18.8 Å². The van der Waals surface area contributed by atoms with E-state index in [1.165, 1.54) is 22.1 Å². The van der Waals surface area contributed by atoms with E-state index in [1.54, 1.807) is 0 Å². The molecule has 4 nitrogen and oxygen atoms in total. The zero-order valence-corrected chi connectivity index (χ0v) is 34.9. The molecule has 0 fully saturated rings. The Morgan fingerprint density at radius 1 is 0.517 bits per heavy atom. The molecular weight excluding hydrogens is 888 g/mol. The molecule has 58 heavy (non-hydrogen) atoms. The van der Waals surface area contributed by atoms with Gasteiger partial charge in [-0.3, -0.25) is 0 Å². The Labute approximate surface area is 355 Å². The Morgan fingerprint density at radius 3 is 1.83 bits per heavy atom. The van der Waals surface area contributed by atoms with Crippen LogP contribution in [0.5, 0.6) is 0 Å². The molecule has 0 saturated carbocycles. The molecule has 286 valence electrons. The second kappa shape index (κ2) is 14.9. The largest absolute Gasteiger partial charge is 0.493 e. The van der Waals surface area contributed by atoms with E-state index in [4.69, 9.17) is 4.98 Å². The Bertz CT molecular complexity index is 2840. The Morgan fingerprint density at radius 2 is 1.12 bits per heavy atom. The molecule has 3 heterocycles. The fraction of sp³-hybridized carbons (Fsp3) is 0.0943. The normalized spacial score (nSPS) is 12.8. The van der Waals surface area contributed by atoms with E-state index in [0.717, 1.165) is 56.1 Å². The molecule has 0 spiro atoms. The molecule has 9 aromatic rings. The number of hydrogen-bond donors (Lipinski definition) is 0. The average molecular weight is 929 g/mol. The summed E-state index contributed by atoms with van der Waals surface area (Å²) in [6.07, 6.45) is 1.95. The number of fused-ring (bicyclic) bond motifs is 4. The van der Waals surface area contributed by atoms with Crippen LogP contribution in [0.25, 0.3) is 27.6 Å². The smallest absolute Gasteiger partial charge is 0.135 e. The van der Waals surface area contributed by atoms with Crippen molar-refractivity contribution in [1.82, 2.24) is 9.55 Å². The molecule has 0 N–H and O–H groups in total. The minimum atomic E-state index is -0.418. The number of benzene rings is 7. The van der Waals surface area contributed by atoms with Gasteiger partial charge in [-0.15, -0.1) is 17.7 Å². The molecule has 0 atom stereocenters. The molecule has 2 aromatic heterocycles. The van der Waals surface area contributed by atoms with E-state index in [2.05, 4.69) is 236 Å². The Kier molecular flexibility index (Phi) is 9.62. The van der Waals surface area contributed by atoms with Gasteiger partial charge in [-0.2, -0.15) is 53.6 Å². The summed E-state index contributed by atoms with van der Waals surface area (Å²) < 4.78 is 2.29. The Balaban J connectivity index is 0.00000436. The molecule has 10 rings (SSSR count). The van der Waals surface area contributed by atoms with Crippen molar-refractivity contribution in [2.75, 3.05) is 9.80 Å². The number of rotatable bonds is 8. The van der Waals surface area contributed by atoms with Crippen molar-refractivity contribution in [2.45, 2.75) is 31.6 Å². The fourth-order valence-electron chi connectivity index (χ4n) is 8.59. The van der Waals surface area contributed by atoms with E-state index < -0.39 is 10.8 Å². The van der Waals surface area contributed by atoms with Crippen molar-refractivity contribution in [2.24, 2.45) is 0 Å². The standard InChI is InChI=1S/C53H41N4.Pt/c1-52(2,40-22-17-25-44(34-40)56-37-55(43-23-11-6-12-24-43)48-28-15-16-29-49(48)56)41-30-31-46-45-26-13-14-27-47(45)57(50(46)35-41)51-36-42(32-33-54-51)53(3,38-18-7-4-8-19-38)39-20-9-5-10-21-39;/h4-33,36-37H,1-3H3;/q-3;. The van der Waals surface area contributed by atoms with Crippen molar-refractivity contribution < 1.29 is 21.1 Å². The first kappa shape index (κ1) is 37.4. The maximum absolute atomic E-state index is 5.06. The molecule has 0 bridgehead atoms. The zero-order chi connectivity index (χ0) is 38.6. The van der Waals surface area contributed by atoms with Crippen LogP contribution in [0.3, 0.4) is 0 Å². The summed E-state index contributed by atoms with van der Waals surface area (Å²) in [4.78, 5) is 9.54. The van der Waals surface area contributed by atoms with Crippen LogP contribution in [0.15, 0.2) is 188 Å². The molecule has 1 aliphatic rings. The maximum atomic E-state index is 5.06. The van der Waals surface area contributed by atoms with Crippen molar-refractivity contribution in [3.63, 3.8) is 0 Å². The first-order valence-corrected chi connectivity index (χ1v) is 19.6. The maximum Gasteiger partial charge on any atom is 0.135 e. The first-order valence-electron chi connectivity index (χ1n) is 19.6. The summed E-state index contributed by atoms with van der Waals surface area (Å²) in [6, 6.07) is 72.4. The zero-order valence-electron chi connectivity index (χ0n) is 32.6. The van der Waals surface area contributed by atoms with Gasteiger partial charge < -0.3 is 14.4 Å². The molecule has 0 unspecified atom stereocenters. The molecule has 7 aromatic carbocycles. The first-order chi connectivity index (χ1) is 27.9. The van der Waals surface area contributed by atoms with Gasteiger partial charge in [0.25, 0.3) is 0 Å². The molecule has 0 saturated heterocycles. The molecule has 0 aliphatic carbocycles. The van der Waals surface area contributed by atoms with Gasteiger partial charge in [0.05, 0.1) is 0 Å². The van der Waals surface area contributed by atoms with Crippen LogP contribution >= 0.6 is 0 Å². The number of pyridine rings is 1. The summed E-state index contributed by atoms with van der Waals surface area (Å²) >= 11 is 0. The van der Waals surface area contributed by atoms with Crippen LogP contribution in [-0.4, -0.2) is 9.55 Å². The van der Waals surface area contributed by atoms with Crippen molar-refractivity contribution >= 4 is 44.6 Å². The van der Waals surface area contributed by atoms with Gasteiger partial charge in [0.15, 0.2) is 0 Å². The second-order valence-electron chi connectivity index (χ2n) is 15.5. The second-order valence-corrected chi connectivity index (χ2v) is 15.5. The van der Waals surface area contributed by atoms with Gasteiger partial charge in [0, 0.05) is 55.3 Å². The van der Waals surface area contributed by atoms with Gasteiger partial charge in [-0.05, 0) is 76.9 Å². The topological polar surface area (TPSA) is 24.3 Å². The van der Waals surface area contributed by atoms with Crippen LogP contribution in [-0.2, 0) is 31.9 Å². The SMILES string of the molecule is CC(C)(c1[c-]c(N2[CH-]N(c3ccccc3)c3ccccc32)ccc1)c1[c-]c2c(cc1)c1ccccc1n2-c1cc(C(C)(c2ccccc2)c2ccccc2)ccn1.[Pt]. The summed E-state index contributed by atoms with van der Waals surface area (Å²) in [5.74, 6) is 0.864. The number of hydrogen-bond acceptors (Lipinski definition) is 3. The van der Waals surface area contributed by atoms with E-state index in [1.807, 2.05) is 6.20 Å². The molecular formula is C53H41N4Pt-3. The predicted molar refractivity (Wildman–Crippen MR) is 235 cm³/mol. The summed E-state index contributed by atoms with van der Waals surface area (Å²) in [5, 5.41) is 2.32. The summed E-state index contributed by atoms with van der Waals surface area (Å²) in [7, 11) is 0. The number of para-hydroxylation sites is 4. The third-order valence-corrected chi connectivity index (χ3v) is 11.9.